The van der Waals surface area contributed by atoms with Crippen molar-refractivity contribution in [3.8, 4) is 0 Å². The van der Waals surface area contributed by atoms with Crippen molar-refractivity contribution in [2.24, 2.45) is 5.73 Å². The fourth-order valence-corrected chi connectivity index (χ4v) is 1.50. The predicted octanol–water partition coefficient (Wildman–Crippen LogP) is -0.313. The number of primary amides is 1. The highest BCUT2D eigenvalue weighted by molar-refractivity contribution is 7.99. The lowest BCUT2D eigenvalue weighted by atomic mass is 10.4. The maximum absolute atomic E-state index is 10.8. The highest BCUT2D eigenvalue weighted by Gasteiger charge is 2.02. The molecular weight excluding hydrogens is 192 g/mol. The summed E-state index contributed by atoms with van der Waals surface area (Å²) in [6.45, 7) is 0.167. The van der Waals surface area contributed by atoms with Gasteiger partial charge in [0.05, 0.1) is 0 Å². The molecule has 4 N–H and O–H groups in total. The van der Waals surface area contributed by atoms with Crippen LogP contribution in [0.4, 0.5) is 4.79 Å². The first-order valence-corrected chi connectivity index (χ1v) is 5.10. The zero-order valence-electron chi connectivity index (χ0n) is 7.28. The normalized spacial score (nSPS) is 9.62. The number of nitrogens with two attached hydrogens (primary N) is 1. The number of thioether (sulfide) groups is 1. The van der Waals surface area contributed by atoms with E-state index < -0.39 is 6.03 Å². The first-order chi connectivity index (χ1) is 6.16. The number of imide groups is 1. The van der Waals surface area contributed by atoms with Crippen LogP contribution >= 0.6 is 11.8 Å². The van der Waals surface area contributed by atoms with Gasteiger partial charge in [0.15, 0.2) is 0 Å². The minimum atomic E-state index is -0.814. The molecule has 0 radical (unpaired) electrons. The molecular formula is C7H14N2O3S. The van der Waals surface area contributed by atoms with E-state index in [1.165, 1.54) is 0 Å². The molecule has 5 nitrogen and oxygen atoms in total. The Labute approximate surface area is 81.1 Å². The van der Waals surface area contributed by atoms with E-state index in [2.05, 4.69) is 0 Å². The SMILES string of the molecule is NC(=O)NC(=O)CCSCCCO. The van der Waals surface area contributed by atoms with Crippen molar-refractivity contribution in [1.29, 1.82) is 0 Å². The summed E-state index contributed by atoms with van der Waals surface area (Å²) in [5, 5.41) is 10.4. The highest BCUT2D eigenvalue weighted by atomic mass is 32.2. The Bertz CT molecular complexity index is 175. The van der Waals surface area contributed by atoms with Gasteiger partial charge in [0.2, 0.25) is 5.91 Å². The highest BCUT2D eigenvalue weighted by Crippen LogP contribution is 2.03. The van der Waals surface area contributed by atoms with Gasteiger partial charge >= 0.3 is 6.03 Å². The van der Waals surface area contributed by atoms with Crippen LogP contribution in [0.2, 0.25) is 0 Å². The van der Waals surface area contributed by atoms with Gasteiger partial charge in [-0.15, -0.1) is 0 Å². The Balaban J connectivity index is 3.22. The molecule has 0 saturated carbocycles. The molecule has 0 atom stereocenters. The number of nitrogens with one attached hydrogen (secondary N) is 1. The number of amides is 3. The van der Waals surface area contributed by atoms with Crippen LogP contribution in [0, 0.1) is 0 Å². The maximum Gasteiger partial charge on any atom is 0.318 e. The van der Waals surface area contributed by atoms with Crippen molar-refractivity contribution in [2.45, 2.75) is 12.8 Å². The number of urea groups is 1. The Morgan fingerprint density at radius 3 is 2.62 bits per heavy atom. The van der Waals surface area contributed by atoms with E-state index in [-0.39, 0.29) is 18.9 Å². The van der Waals surface area contributed by atoms with Gasteiger partial charge in [-0.25, -0.2) is 4.79 Å². The quantitative estimate of drug-likeness (QED) is 0.520. The van der Waals surface area contributed by atoms with Crippen molar-refractivity contribution in [3.63, 3.8) is 0 Å². The van der Waals surface area contributed by atoms with Gasteiger partial charge in [-0.05, 0) is 12.2 Å². The molecule has 13 heavy (non-hydrogen) atoms. The van der Waals surface area contributed by atoms with Gasteiger partial charge in [0.25, 0.3) is 0 Å². The fraction of sp³-hybridized carbons (Fsp3) is 0.714. The molecule has 0 aromatic heterocycles. The Morgan fingerprint density at radius 2 is 2.08 bits per heavy atom. The minimum Gasteiger partial charge on any atom is -0.396 e. The van der Waals surface area contributed by atoms with Gasteiger partial charge in [-0.1, -0.05) is 0 Å². The fourth-order valence-electron chi connectivity index (χ4n) is 0.633. The largest absolute Gasteiger partial charge is 0.396 e. The summed E-state index contributed by atoms with van der Waals surface area (Å²) in [7, 11) is 0. The third-order valence-corrected chi connectivity index (χ3v) is 2.25. The van der Waals surface area contributed by atoms with E-state index in [4.69, 9.17) is 10.8 Å². The molecule has 0 rings (SSSR count). The van der Waals surface area contributed by atoms with Crippen LogP contribution < -0.4 is 11.1 Å². The van der Waals surface area contributed by atoms with Crippen molar-refractivity contribution in [1.82, 2.24) is 5.32 Å². The molecule has 76 valence electrons. The second-order valence-electron chi connectivity index (χ2n) is 2.35. The number of carbonyl (C=O) groups excluding carboxylic acids is 2. The average molecular weight is 206 g/mol. The summed E-state index contributed by atoms with van der Waals surface area (Å²) in [6, 6.07) is -0.814. The Hall–Kier alpha value is -0.750. The van der Waals surface area contributed by atoms with Crippen LogP contribution in [-0.2, 0) is 4.79 Å². The maximum atomic E-state index is 10.8. The zero-order valence-corrected chi connectivity index (χ0v) is 8.10. The number of aliphatic hydroxyl groups excluding tert-OH is 1. The van der Waals surface area contributed by atoms with Crippen LogP contribution in [0.3, 0.4) is 0 Å². The lowest BCUT2D eigenvalue weighted by Gasteiger charge is -2.00. The smallest absolute Gasteiger partial charge is 0.318 e. The second kappa shape index (κ2) is 7.88. The van der Waals surface area contributed by atoms with Crippen LogP contribution in [0.25, 0.3) is 0 Å². The van der Waals surface area contributed by atoms with E-state index in [1.807, 2.05) is 5.32 Å². The summed E-state index contributed by atoms with van der Waals surface area (Å²) in [4.78, 5) is 21.0. The summed E-state index contributed by atoms with van der Waals surface area (Å²) in [5.41, 5.74) is 4.73. The van der Waals surface area contributed by atoms with E-state index in [0.29, 0.717) is 5.75 Å². The summed E-state index contributed by atoms with van der Waals surface area (Å²) in [6.07, 6.45) is 1.00. The molecule has 0 unspecified atom stereocenters. The van der Waals surface area contributed by atoms with Crippen LogP contribution in [0.5, 0.6) is 0 Å². The standard InChI is InChI=1S/C7H14N2O3S/c8-7(12)9-6(11)2-5-13-4-1-3-10/h10H,1-5H2,(H3,8,9,11,12). The van der Waals surface area contributed by atoms with Gasteiger partial charge in [-0.2, -0.15) is 11.8 Å². The van der Waals surface area contributed by atoms with Gasteiger partial charge < -0.3 is 10.8 Å². The van der Waals surface area contributed by atoms with E-state index >= 15 is 0 Å². The lowest BCUT2D eigenvalue weighted by Crippen LogP contribution is -2.35. The molecule has 0 bridgehead atoms. The lowest BCUT2D eigenvalue weighted by molar-refractivity contribution is -0.119. The summed E-state index contributed by atoms with van der Waals surface area (Å²) < 4.78 is 0. The van der Waals surface area contributed by atoms with Gasteiger partial charge in [-0.3, -0.25) is 10.1 Å². The van der Waals surface area contributed by atoms with Crippen molar-refractivity contribution >= 4 is 23.7 Å². The van der Waals surface area contributed by atoms with Crippen LogP contribution in [0.1, 0.15) is 12.8 Å². The molecule has 0 aromatic rings. The van der Waals surface area contributed by atoms with E-state index in [1.54, 1.807) is 11.8 Å². The first kappa shape index (κ1) is 12.2. The molecule has 6 heteroatoms. The Kier molecular flexibility index (Phi) is 7.42. The topological polar surface area (TPSA) is 92.4 Å². The third kappa shape index (κ3) is 9.16. The minimum absolute atomic E-state index is 0.167. The Morgan fingerprint density at radius 1 is 1.38 bits per heavy atom. The number of aliphatic hydroxyl groups is 1. The second-order valence-corrected chi connectivity index (χ2v) is 3.58. The predicted molar refractivity (Wildman–Crippen MR) is 51.4 cm³/mol. The van der Waals surface area contributed by atoms with Crippen LogP contribution in [0.15, 0.2) is 0 Å². The first-order valence-electron chi connectivity index (χ1n) is 3.94. The number of rotatable bonds is 6. The molecule has 0 aliphatic carbocycles. The summed E-state index contributed by atoms with van der Waals surface area (Å²) in [5.74, 6) is 1.10. The van der Waals surface area contributed by atoms with Crippen LogP contribution in [-0.4, -0.2) is 35.2 Å². The van der Waals surface area contributed by atoms with Crippen molar-refractivity contribution in [3.05, 3.63) is 0 Å². The number of carbonyl (C=O) groups is 2. The number of hydrogen-bond acceptors (Lipinski definition) is 4. The third-order valence-electron chi connectivity index (χ3n) is 1.18. The van der Waals surface area contributed by atoms with Crippen molar-refractivity contribution in [2.75, 3.05) is 18.1 Å². The summed E-state index contributed by atoms with van der Waals surface area (Å²) >= 11 is 1.56. The van der Waals surface area contributed by atoms with Gasteiger partial charge in [0, 0.05) is 18.8 Å². The van der Waals surface area contributed by atoms with Crippen molar-refractivity contribution < 1.29 is 14.7 Å². The monoisotopic (exact) mass is 206 g/mol. The van der Waals surface area contributed by atoms with Gasteiger partial charge in [0.1, 0.15) is 0 Å². The average Bonchev–Trinajstić information content (AvgIpc) is 2.02. The molecule has 0 spiro atoms. The number of hydrogen-bond donors (Lipinski definition) is 3. The molecule has 0 heterocycles. The zero-order chi connectivity index (χ0) is 10.1. The molecule has 0 aromatic carbocycles. The molecule has 3 amide bonds. The molecule has 0 aliphatic rings. The molecule has 0 aliphatic heterocycles. The van der Waals surface area contributed by atoms with E-state index in [9.17, 15) is 9.59 Å². The molecule has 0 fully saturated rings. The van der Waals surface area contributed by atoms with E-state index in [0.717, 1.165) is 12.2 Å². The molecule has 0 saturated heterocycles.